The van der Waals surface area contributed by atoms with Crippen molar-refractivity contribution >= 4 is 11.3 Å². The number of nitrogens with zero attached hydrogens (tertiary/aromatic N) is 2. The average molecular weight is 312 g/mol. The summed E-state index contributed by atoms with van der Waals surface area (Å²) in [5.74, 6) is 0. The molecule has 5 heteroatoms. The van der Waals surface area contributed by atoms with Crippen molar-refractivity contribution < 1.29 is 9.84 Å². The number of hydrogen-bond acceptors (Lipinski definition) is 5. The van der Waals surface area contributed by atoms with E-state index < -0.39 is 6.10 Å². The summed E-state index contributed by atoms with van der Waals surface area (Å²) < 4.78 is 5.40. The predicted octanol–water partition coefficient (Wildman–Crippen LogP) is 2.45. The molecule has 0 radical (unpaired) electrons. The van der Waals surface area contributed by atoms with Crippen molar-refractivity contribution in [3.05, 3.63) is 16.1 Å². The van der Waals surface area contributed by atoms with Crippen LogP contribution >= 0.6 is 11.3 Å². The van der Waals surface area contributed by atoms with E-state index in [4.69, 9.17) is 9.72 Å². The van der Waals surface area contributed by atoms with E-state index in [9.17, 15) is 5.11 Å². The molecule has 2 heterocycles. The van der Waals surface area contributed by atoms with Crippen LogP contribution in [0.2, 0.25) is 0 Å². The number of thiazole rings is 1. The molecule has 21 heavy (non-hydrogen) atoms. The Labute approximate surface area is 132 Å². The lowest BCUT2D eigenvalue weighted by Gasteiger charge is -2.43. The monoisotopic (exact) mass is 312 g/mol. The first-order chi connectivity index (χ1) is 9.71. The van der Waals surface area contributed by atoms with Gasteiger partial charge in [-0.1, -0.05) is 20.8 Å². The molecular weight excluding hydrogens is 284 g/mol. The summed E-state index contributed by atoms with van der Waals surface area (Å²) in [6.45, 7) is 14.0. The number of aliphatic hydroxyl groups excluding tert-OH is 1. The molecule has 0 saturated carbocycles. The minimum absolute atomic E-state index is 0.0689. The van der Waals surface area contributed by atoms with E-state index in [0.717, 1.165) is 37.0 Å². The Kier molecular flexibility index (Phi) is 5.08. The third-order valence-electron chi connectivity index (χ3n) is 4.33. The molecule has 2 rings (SSSR count). The molecule has 1 aliphatic heterocycles. The van der Waals surface area contributed by atoms with Crippen LogP contribution < -0.4 is 0 Å². The van der Waals surface area contributed by atoms with E-state index in [1.165, 1.54) is 0 Å². The Balaban J connectivity index is 2.02. The lowest BCUT2D eigenvalue weighted by molar-refractivity contribution is -0.0612. The number of morpholine rings is 1. The maximum atomic E-state index is 10.7. The average Bonchev–Trinajstić information content (AvgIpc) is 2.88. The minimum Gasteiger partial charge on any atom is -0.391 e. The zero-order valence-corrected chi connectivity index (χ0v) is 14.7. The SMILES string of the molecule is CC(C)(C)c1csc(CC(O)C(C)(C)N2CCOCC2)n1. The summed E-state index contributed by atoms with van der Waals surface area (Å²) >= 11 is 1.65. The van der Waals surface area contributed by atoms with Crippen LogP contribution in [0, 0.1) is 0 Å². The molecule has 0 bridgehead atoms. The number of aromatic nitrogens is 1. The molecule has 1 aliphatic rings. The molecule has 1 atom stereocenters. The molecule has 1 aromatic rings. The smallest absolute Gasteiger partial charge is 0.0955 e. The van der Waals surface area contributed by atoms with Gasteiger partial charge in [0.1, 0.15) is 0 Å². The second-order valence-corrected chi connectivity index (χ2v) is 8.29. The van der Waals surface area contributed by atoms with E-state index in [1.807, 2.05) is 0 Å². The van der Waals surface area contributed by atoms with Gasteiger partial charge in [0.05, 0.1) is 30.0 Å². The number of rotatable bonds is 4. The van der Waals surface area contributed by atoms with Crippen molar-refractivity contribution in [2.75, 3.05) is 26.3 Å². The van der Waals surface area contributed by atoms with Crippen molar-refractivity contribution in [3.8, 4) is 0 Å². The summed E-state index contributed by atoms with van der Waals surface area (Å²) in [7, 11) is 0. The first-order valence-corrected chi connectivity index (χ1v) is 8.55. The van der Waals surface area contributed by atoms with Gasteiger partial charge in [0, 0.05) is 35.8 Å². The summed E-state index contributed by atoms with van der Waals surface area (Å²) in [4.78, 5) is 7.01. The Morgan fingerprint density at radius 2 is 1.90 bits per heavy atom. The molecule has 1 unspecified atom stereocenters. The zero-order chi connectivity index (χ0) is 15.7. The topological polar surface area (TPSA) is 45.6 Å². The fourth-order valence-electron chi connectivity index (χ4n) is 2.51. The van der Waals surface area contributed by atoms with Crippen LogP contribution in [0.3, 0.4) is 0 Å². The molecule has 120 valence electrons. The van der Waals surface area contributed by atoms with E-state index in [0.29, 0.717) is 6.42 Å². The maximum absolute atomic E-state index is 10.7. The molecule has 0 aromatic carbocycles. The first kappa shape index (κ1) is 16.9. The summed E-state index contributed by atoms with van der Waals surface area (Å²) in [5.41, 5.74) is 0.926. The Morgan fingerprint density at radius 3 is 2.43 bits per heavy atom. The van der Waals surface area contributed by atoms with Gasteiger partial charge in [-0.2, -0.15) is 0 Å². The third-order valence-corrected chi connectivity index (χ3v) is 5.20. The molecular formula is C16H28N2O2S. The molecule has 1 saturated heterocycles. The highest BCUT2D eigenvalue weighted by atomic mass is 32.1. The van der Waals surface area contributed by atoms with Crippen LogP contribution in [-0.2, 0) is 16.6 Å². The fourth-order valence-corrected chi connectivity index (χ4v) is 3.57. The van der Waals surface area contributed by atoms with Crippen LogP contribution in [0.4, 0.5) is 0 Å². The van der Waals surface area contributed by atoms with E-state index in [2.05, 4.69) is 44.9 Å². The Bertz CT molecular complexity index is 459. The minimum atomic E-state index is -0.422. The van der Waals surface area contributed by atoms with Gasteiger partial charge < -0.3 is 9.84 Å². The van der Waals surface area contributed by atoms with Crippen LogP contribution in [0.5, 0.6) is 0 Å². The maximum Gasteiger partial charge on any atom is 0.0955 e. The van der Waals surface area contributed by atoms with Crippen LogP contribution in [0.1, 0.15) is 45.3 Å². The Morgan fingerprint density at radius 1 is 1.29 bits per heavy atom. The van der Waals surface area contributed by atoms with Gasteiger partial charge in [0.2, 0.25) is 0 Å². The highest BCUT2D eigenvalue weighted by Crippen LogP contribution is 2.27. The van der Waals surface area contributed by atoms with Gasteiger partial charge in [0.25, 0.3) is 0 Å². The van der Waals surface area contributed by atoms with Crippen LogP contribution in [0.25, 0.3) is 0 Å². The van der Waals surface area contributed by atoms with E-state index in [-0.39, 0.29) is 11.0 Å². The summed E-state index contributed by atoms with van der Waals surface area (Å²) in [6.07, 6.45) is 0.194. The van der Waals surface area contributed by atoms with Gasteiger partial charge in [-0.05, 0) is 13.8 Å². The van der Waals surface area contributed by atoms with Crippen molar-refractivity contribution in [2.45, 2.75) is 58.1 Å². The fraction of sp³-hybridized carbons (Fsp3) is 0.812. The molecule has 0 aliphatic carbocycles. The molecule has 1 fully saturated rings. The van der Waals surface area contributed by atoms with E-state index >= 15 is 0 Å². The number of aliphatic hydroxyl groups is 1. The standard InChI is InChI=1S/C16H28N2O2S/c1-15(2,3)12-11-21-14(17-12)10-13(19)16(4,5)18-6-8-20-9-7-18/h11,13,19H,6-10H2,1-5H3. The van der Waals surface area contributed by atoms with Crippen LogP contribution in [0.15, 0.2) is 5.38 Å². The first-order valence-electron chi connectivity index (χ1n) is 7.67. The molecule has 4 nitrogen and oxygen atoms in total. The quantitative estimate of drug-likeness (QED) is 0.927. The lowest BCUT2D eigenvalue weighted by Crippen LogP contribution is -2.56. The number of hydrogen-bond donors (Lipinski definition) is 1. The Hall–Kier alpha value is -0.490. The molecule has 0 amide bonds. The van der Waals surface area contributed by atoms with Gasteiger partial charge in [-0.25, -0.2) is 4.98 Å². The van der Waals surface area contributed by atoms with Gasteiger partial charge in [0.15, 0.2) is 0 Å². The summed E-state index contributed by atoms with van der Waals surface area (Å²) in [5, 5.41) is 13.8. The molecule has 0 spiro atoms. The second kappa shape index (κ2) is 6.32. The lowest BCUT2D eigenvalue weighted by atomic mass is 9.91. The van der Waals surface area contributed by atoms with E-state index in [1.54, 1.807) is 11.3 Å². The van der Waals surface area contributed by atoms with Crippen molar-refractivity contribution in [2.24, 2.45) is 0 Å². The predicted molar refractivity (Wildman–Crippen MR) is 87.0 cm³/mol. The zero-order valence-electron chi connectivity index (χ0n) is 13.8. The van der Waals surface area contributed by atoms with Crippen molar-refractivity contribution in [1.82, 2.24) is 9.88 Å². The van der Waals surface area contributed by atoms with Crippen molar-refractivity contribution in [1.29, 1.82) is 0 Å². The van der Waals surface area contributed by atoms with Crippen LogP contribution in [-0.4, -0.2) is 52.9 Å². The van der Waals surface area contributed by atoms with Crippen molar-refractivity contribution in [3.63, 3.8) is 0 Å². The second-order valence-electron chi connectivity index (χ2n) is 7.35. The normalized spacial score (nSPS) is 19.7. The van der Waals surface area contributed by atoms with Gasteiger partial charge in [-0.15, -0.1) is 11.3 Å². The molecule has 1 N–H and O–H groups in total. The number of ether oxygens (including phenoxy) is 1. The van der Waals surface area contributed by atoms with Gasteiger partial charge >= 0.3 is 0 Å². The highest BCUT2D eigenvalue weighted by molar-refractivity contribution is 7.09. The third kappa shape index (κ3) is 4.03. The highest BCUT2D eigenvalue weighted by Gasteiger charge is 2.35. The molecule has 1 aromatic heterocycles. The van der Waals surface area contributed by atoms with Gasteiger partial charge in [-0.3, -0.25) is 4.90 Å². The largest absolute Gasteiger partial charge is 0.391 e. The summed E-state index contributed by atoms with van der Waals surface area (Å²) in [6, 6.07) is 0.